The van der Waals surface area contributed by atoms with Crippen LogP contribution in [0.2, 0.25) is 0 Å². The van der Waals surface area contributed by atoms with Gasteiger partial charge in [-0.2, -0.15) is 23.3 Å². The molecule has 2 N–H and O–H groups in total. The average Bonchev–Trinajstić information content (AvgIpc) is 2.29. The molecule has 0 aliphatic carbocycles. The summed E-state index contributed by atoms with van der Waals surface area (Å²) in [4.78, 5) is 10.8. The molecule has 0 saturated heterocycles. The predicted molar refractivity (Wildman–Crippen MR) is 41.7 cm³/mol. The Morgan fingerprint density at radius 2 is 2.15 bits per heavy atom. The summed E-state index contributed by atoms with van der Waals surface area (Å²) in [7, 11) is 0. The van der Waals surface area contributed by atoms with E-state index in [0.29, 0.717) is 5.01 Å². The maximum Gasteiger partial charge on any atom is 0.431 e. The average molecular weight is 211 g/mol. The number of amides is 1. The monoisotopic (exact) mass is 211 g/mol. The van der Waals surface area contributed by atoms with Gasteiger partial charge in [0.05, 0.1) is 6.42 Å². The van der Waals surface area contributed by atoms with E-state index in [2.05, 4.69) is 17.3 Å². The number of alkyl halides is 3. The predicted octanol–water partition coefficient (Wildman–Crippen LogP) is 0.381. The van der Waals surface area contributed by atoms with Crippen molar-refractivity contribution in [2.24, 2.45) is 10.8 Å². The molecule has 0 radical (unpaired) electrons. The molecule has 1 rings (SSSR count). The summed E-state index contributed by atoms with van der Waals surface area (Å²) >= 11 is 4.32. The Hall–Kier alpha value is -1.18. The summed E-state index contributed by atoms with van der Waals surface area (Å²) in [6, 6.07) is 0. The summed E-state index contributed by atoms with van der Waals surface area (Å²) in [5.74, 6) is -0.861. The number of nitrogens with two attached hydrogens (primary N) is 1. The molecule has 0 spiro atoms. The first-order valence-corrected chi connectivity index (χ1v) is 3.50. The lowest BCUT2D eigenvalue weighted by Crippen LogP contribution is -2.32. The van der Waals surface area contributed by atoms with E-state index in [1.54, 1.807) is 0 Å². The van der Waals surface area contributed by atoms with E-state index in [1.807, 2.05) is 0 Å². The first-order valence-electron chi connectivity index (χ1n) is 3.09. The Balaban J connectivity index is 2.90. The molecule has 1 aliphatic heterocycles. The normalized spacial score (nSPS) is 17.6. The van der Waals surface area contributed by atoms with Crippen LogP contribution in [0.5, 0.6) is 0 Å². The maximum absolute atomic E-state index is 12.0. The summed E-state index contributed by atoms with van der Waals surface area (Å²) in [5, 5.41) is 2.84. The summed E-state index contributed by atoms with van der Waals surface area (Å²) in [6.07, 6.45) is -5.41. The highest BCUT2D eigenvalue weighted by molar-refractivity contribution is 7.80. The van der Waals surface area contributed by atoms with Gasteiger partial charge in [-0.1, -0.05) is 0 Å². The van der Waals surface area contributed by atoms with E-state index in [-0.39, 0.29) is 0 Å². The molecule has 8 heteroatoms. The van der Waals surface area contributed by atoms with Crippen LogP contribution < -0.4 is 5.73 Å². The topological polar surface area (TPSA) is 58.7 Å². The van der Waals surface area contributed by atoms with Crippen LogP contribution in [0.4, 0.5) is 13.2 Å². The number of carbonyl (C=O) groups is 1. The van der Waals surface area contributed by atoms with Gasteiger partial charge in [-0.05, 0) is 12.2 Å². The molecule has 1 aliphatic rings. The van der Waals surface area contributed by atoms with Crippen molar-refractivity contribution < 1.29 is 18.0 Å². The van der Waals surface area contributed by atoms with E-state index in [4.69, 9.17) is 5.73 Å². The second-order valence-corrected chi connectivity index (χ2v) is 2.68. The first-order chi connectivity index (χ1) is 5.82. The van der Waals surface area contributed by atoms with Crippen molar-refractivity contribution in [3.8, 4) is 0 Å². The van der Waals surface area contributed by atoms with Gasteiger partial charge in [-0.15, -0.1) is 0 Å². The second-order valence-electron chi connectivity index (χ2n) is 2.27. The van der Waals surface area contributed by atoms with Gasteiger partial charge in [0.15, 0.2) is 10.8 Å². The lowest BCUT2D eigenvalue weighted by atomic mass is 10.3. The van der Waals surface area contributed by atoms with Gasteiger partial charge in [-0.25, -0.2) is 0 Å². The van der Waals surface area contributed by atoms with Gasteiger partial charge in [0, 0.05) is 0 Å². The van der Waals surface area contributed by atoms with Crippen molar-refractivity contribution in [2.75, 3.05) is 0 Å². The van der Waals surface area contributed by atoms with Crippen LogP contribution in [0, 0.1) is 0 Å². The van der Waals surface area contributed by atoms with Crippen molar-refractivity contribution in [3.05, 3.63) is 0 Å². The van der Waals surface area contributed by atoms with Gasteiger partial charge >= 0.3 is 6.18 Å². The van der Waals surface area contributed by atoms with Crippen molar-refractivity contribution >= 4 is 28.9 Å². The van der Waals surface area contributed by atoms with E-state index in [9.17, 15) is 18.0 Å². The Bertz CT molecular complexity index is 298. The second kappa shape index (κ2) is 2.95. The molecule has 0 bridgehead atoms. The fraction of sp³-hybridized carbons (Fsp3) is 0.400. The molecular formula is C5H4F3N3OS. The molecule has 0 aromatic heterocycles. The number of halogens is 3. The van der Waals surface area contributed by atoms with E-state index in [1.165, 1.54) is 0 Å². The van der Waals surface area contributed by atoms with Gasteiger partial charge in [0.25, 0.3) is 5.91 Å². The molecule has 0 atom stereocenters. The zero-order valence-corrected chi connectivity index (χ0v) is 6.95. The van der Waals surface area contributed by atoms with Crippen LogP contribution in [-0.2, 0) is 4.79 Å². The quantitative estimate of drug-likeness (QED) is 0.589. The van der Waals surface area contributed by atoms with Crippen molar-refractivity contribution in [2.45, 2.75) is 12.6 Å². The van der Waals surface area contributed by atoms with Crippen LogP contribution >= 0.6 is 12.2 Å². The molecule has 0 aromatic rings. The van der Waals surface area contributed by atoms with Gasteiger partial charge in [0.2, 0.25) is 0 Å². The SMILES string of the molecule is NC(=S)N1N=C(C(F)(F)F)CC1=O. The molecule has 1 heterocycles. The Kier molecular flexibility index (Phi) is 2.24. The zero-order valence-electron chi connectivity index (χ0n) is 6.13. The van der Waals surface area contributed by atoms with Crippen LogP contribution in [0.15, 0.2) is 5.10 Å². The number of hydrogen-bond acceptors (Lipinski definition) is 3. The Morgan fingerprint density at radius 1 is 1.62 bits per heavy atom. The van der Waals surface area contributed by atoms with Gasteiger partial charge < -0.3 is 5.73 Å². The van der Waals surface area contributed by atoms with E-state index < -0.39 is 29.3 Å². The number of rotatable bonds is 0. The fourth-order valence-corrected chi connectivity index (χ4v) is 0.902. The van der Waals surface area contributed by atoms with Gasteiger partial charge in [0.1, 0.15) is 0 Å². The Labute approximate surface area is 76.2 Å². The molecule has 0 fully saturated rings. The summed E-state index contributed by atoms with van der Waals surface area (Å²) in [5.41, 5.74) is 3.78. The van der Waals surface area contributed by atoms with Gasteiger partial charge in [-0.3, -0.25) is 4.79 Å². The minimum absolute atomic E-state index is 0.373. The zero-order chi connectivity index (χ0) is 10.2. The molecule has 4 nitrogen and oxygen atoms in total. The largest absolute Gasteiger partial charge is 0.431 e. The molecule has 1 amide bonds. The van der Waals surface area contributed by atoms with Crippen LogP contribution in [0.3, 0.4) is 0 Å². The van der Waals surface area contributed by atoms with Crippen molar-refractivity contribution in [1.82, 2.24) is 5.01 Å². The molecule has 0 unspecified atom stereocenters. The fourth-order valence-electron chi connectivity index (χ4n) is 0.759. The molecule has 13 heavy (non-hydrogen) atoms. The van der Waals surface area contributed by atoms with Crippen molar-refractivity contribution in [3.63, 3.8) is 0 Å². The summed E-state index contributed by atoms with van der Waals surface area (Å²) in [6.45, 7) is 0. The lowest BCUT2D eigenvalue weighted by Gasteiger charge is -2.06. The number of thiocarbonyl (C=S) groups is 1. The maximum atomic E-state index is 12.0. The molecule has 0 saturated carbocycles. The smallest absolute Gasteiger partial charge is 0.374 e. The minimum Gasteiger partial charge on any atom is -0.374 e. The molecule has 72 valence electrons. The first kappa shape index (κ1) is 9.90. The third-order valence-corrected chi connectivity index (χ3v) is 1.48. The summed E-state index contributed by atoms with van der Waals surface area (Å²) < 4.78 is 35.9. The highest BCUT2D eigenvalue weighted by Gasteiger charge is 2.42. The lowest BCUT2D eigenvalue weighted by molar-refractivity contribution is -0.125. The third-order valence-electron chi connectivity index (χ3n) is 1.31. The van der Waals surface area contributed by atoms with Crippen LogP contribution in [-0.4, -0.2) is 27.9 Å². The van der Waals surface area contributed by atoms with Crippen LogP contribution in [0.25, 0.3) is 0 Å². The number of hydrogen-bond donors (Lipinski definition) is 1. The third kappa shape index (κ3) is 1.94. The van der Waals surface area contributed by atoms with E-state index >= 15 is 0 Å². The van der Waals surface area contributed by atoms with Crippen LogP contribution in [0.1, 0.15) is 6.42 Å². The number of hydrazone groups is 1. The highest BCUT2D eigenvalue weighted by Crippen LogP contribution is 2.24. The Morgan fingerprint density at radius 3 is 2.38 bits per heavy atom. The minimum atomic E-state index is -4.60. The standard InChI is InChI=1S/C5H4F3N3OS/c6-5(7,8)2-1-3(12)11(10-2)4(9)13/h1H2,(H2,9,13). The number of carbonyl (C=O) groups excluding carboxylic acids is 1. The van der Waals surface area contributed by atoms with E-state index in [0.717, 1.165) is 0 Å². The molecule has 0 aromatic carbocycles. The number of nitrogens with zero attached hydrogens (tertiary/aromatic N) is 2. The van der Waals surface area contributed by atoms with Crippen molar-refractivity contribution in [1.29, 1.82) is 0 Å². The highest BCUT2D eigenvalue weighted by atomic mass is 32.1. The molecular weight excluding hydrogens is 207 g/mol.